The number of ether oxygens (including phenoxy) is 3. The summed E-state index contributed by atoms with van der Waals surface area (Å²) in [6, 6.07) is -0.765. The Morgan fingerprint density at radius 2 is 1.82 bits per heavy atom. The van der Waals surface area contributed by atoms with Crippen molar-refractivity contribution in [2.45, 2.75) is 108 Å². The molecule has 3 rings (SSSR count). The van der Waals surface area contributed by atoms with Crippen molar-refractivity contribution in [3.63, 3.8) is 0 Å². The Hall–Kier alpha value is -2.42. The minimum atomic E-state index is -1.02. The van der Waals surface area contributed by atoms with E-state index < -0.39 is 29.4 Å². The molecule has 1 N–H and O–H groups in total. The van der Waals surface area contributed by atoms with Crippen molar-refractivity contribution in [3.8, 4) is 0 Å². The summed E-state index contributed by atoms with van der Waals surface area (Å²) in [5.74, 6) is -1.88. The van der Waals surface area contributed by atoms with E-state index in [2.05, 4.69) is 11.9 Å². The molecule has 2 amide bonds. The first-order valence-electron chi connectivity index (χ1n) is 14.4. The first kappa shape index (κ1) is 30.1. The predicted molar refractivity (Wildman–Crippen MR) is 142 cm³/mol. The average molecular weight is 535 g/mol. The van der Waals surface area contributed by atoms with E-state index in [0.29, 0.717) is 32.3 Å². The molecule has 1 aliphatic carbocycles. The van der Waals surface area contributed by atoms with Crippen LogP contribution < -0.4 is 5.32 Å². The Morgan fingerprint density at radius 3 is 2.50 bits per heavy atom. The van der Waals surface area contributed by atoms with Crippen LogP contribution in [0.15, 0.2) is 12.7 Å². The van der Waals surface area contributed by atoms with Gasteiger partial charge in [-0.15, -0.1) is 6.58 Å². The van der Waals surface area contributed by atoms with Crippen LogP contribution in [0.2, 0.25) is 0 Å². The molecule has 0 bridgehead atoms. The number of allylic oxidation sites excluding steroid dienone is 1. The van der Waals surface area contributed by atoms with Crippen molar-refractivity contribution in [3.05, 3.63) is 12.7 Å². The Morgan fingerprint density at radius 1 is 1.11 bits per heavy atom. The molecule has 2 aliphatic heterocycles. The maximum absolute atomic E-state index is 13.8. The highest BCUT2D eigenvalue weighted by molar-refractivity contribution is 5.95. The number of esters is 2. The van der Waals surface area contributed by atoms with Crippen molar-refractivity contribution in [1.82, 2.24) is 10.2 Å². The second kappa shape index (κ2) is 14.7. The highest BCUT2D eigenvalue weighted by atomic mass is 16.5. The molecule has 0 radical (unpaired) electrons. The largest absolute Gasteiger partial charge is 0.466 e. The van der Waals surface area contributed by atoms with Gasteiger partial charge in [0.1, 0.15) is 11.6 Å². The topological polar surface area (TPSA) is 111 Å². The lowest BCUT2D eigenvalue weighted by atomic mass is 9.94. The smallest absolute Gasteiger partial charge is 0.332 e. The summed E-state index contributed by atoms with van der Waals surface area (Å²) < 4.78 is 16.3. The van der Waals surface area contributed by atoms with Crippen molar-refractivity contribution in [2.24, 2.45) is 11.8 Å². The fraction of sp³-hybridized carbons (Fsp3) is 0.793. The van der Waals surface area contributed by atoms with Crippen LogP contribution in [0.3, 0.4) is 0 Å². The maximum atomic E-state index is 13.8. The van der Waals surface area contributed by atoms with Crippen molar-refractivity contribution in [2.75, 3.05) is 26.9 Å². The normalized spacial score (nSPS) is 30.5. The van der Waals surface area contributed by atoms with Crippen LogP contribution in [-0.2, 0) is 33.4 Å². The molecule has 0 unspecified atom stereocenters. The zero-order valence-corrected chi connectivity index (χ0v) is 23.2. The second-order valence-electron chi connectivity index (χ2n) is 10.9. The van der Waals surface area contributed by atoms with Gasteiger partial charge >= 0.3 is 11.9 Å². The summed E-state index contributed by atoms with van der Waals surface area (Å²) in [5.41, 5.74) is -1.02. The quantitative estimate of drug-likeness (QED) is 0.273. The van der Waals surface area contributed by atoms with E-state index in [-0.39, 0.29) is 43.4 Å². The number of nitrogens with one attached hydrogen (secondary N) is 1. The average Bonchev–Trinajstić information content (AvgIpc) is 3.41. The number of hydrogen-bond donors (Lipinski definition) is 1. The molecule has 0 aromatic rings. The van der Waals surface area contributed by atoms with Gasteiger partial charge in [0.15, 0.2) is 0 Å². The number of carbonyl (C=O) groups excluding carboxylic acids is 4. The first-order chi connectivity index (χ1) is 18.4. The molecule has 38 heavy (non-hydrogen) atoms. The van der Waals surface area contributed by atoms with Gasteiger partial charge in [0.05, 0.1) is 25.7 Å². The van der Waals surface area contributed by atoms with Crippen LogP contribution in [0.1, 0.15) is 90.4 Å². The molecule has 5 atom stereocenters. The summed E-state index contributed by atoms with van der Waals surface area (Å²) in [7, 11) is 1.57. The molecule has 2 heterocycles. The molecular formula is C29H46N2O7. The number of amides is 2. The van der Waals surface area contributed by atoms with E-state index in [0.717, 1.165) is 51.4 Å². The van der Waals surface area contributed by atoms with Gasteiger partial charge in [-0.3, -0.25) is 14.4 Å². The Labute approximate surface area is 227 Å². The molecular weight excluding hydrogens is 488 g/mol. The van der Waals surface area contributed by atoms with Gasteiger partial charge in [-0.2, -0.15) is 0 Å². The van der Waals surface area contributed by atoms with Crippen LogP contribution in [0, 0.1) is 11.8 Å². The van der Waals surface area contributed by atoms with Gasteiger partial charge in [-0.05, 0) is 44.9 Å². The molecule has 0 spiro atoms. The van der Waals surface area contributed by atoms with Crippen molar-refractivity contribution >= 4 is 23.8 Å². The number of methoxy groups -OCH3 is 1. The minimum absolute atomic E-state index is 0.00967. The molecule has 2 saturated heterocycles. The Kier molecular flexibility index (Phi) is 11.6. The molecule has 0 aromatic carbocycles. The number of carbonyl (C=O) groups is 4. The SMILES string of the molecule is C=CCCCOC(=O)C[C@H]1CCCCCCCC[C@H]2C[C@@]2(C(=O)OCC)NC(=O)[C@@H]2C[C@@H](OC)CN2C1=O. The van der Waals surface area contributed by atoms with E-state index in [1.54, 1.807) is 25.0 Å². The van der Waals surface area contributed by atoms with E-state index in [9.17, 15) is 19.2 Å². The molecule has 9 heteroatoms. The predicted octanol–water partition coefficient (Wildman–Crippen LogP) is 3.69. The van der Waals surface area contributed by atoms with Crippen LogP contribution in [0.4, 0.5) is 0 Å². The van der Waals surface area contributed by atoms with Crippen LogP contribution in [-0.4, -0.2) is 73.2 Å². The van der Waals surface area contributed by atoms with Gasteiger partial charge in [-0.1, -0.05) is 44.6 Å². The van der Waals surface area contributed by atoms with Gasteiger partial charge in [0, 0.05) is 26.0 Å². The number of hydrogen-bond acceptors (Lipinski definition) is 7. The lowest BCUT2D eigenvalue weighted by Gasteiger charge is -2.29. The van der Waals surface area contributed by atoms with Crippen LogP contribution >= 0.6 is 0 Å². The van der Waals surface area contributed by atoms with Crippen molar-refractivity contribution in [1.29, 1.82) is 0 Å². The molecule has 3 fully saturated rings. The van der Waals surface area contributed by atoms with Gasteiger partial charge in [0.25, 0.3) is 0 Å². The Bertz CT molecular complexity index is 847. The summed E-state index contributed by atoms with van der Waals surface area (Å²) in [4.78, 5) is 54.5. The fourth-order valence-corrected chi connectivity index (χ4v) is 5.87. The summed E-state index contributed by atoms with van der Waals surface area (Å²) >= 11 is 0. The minimum Gasteiger partial charge on any atom is -0.466 e. The first-order valence-corrected chi connectivity index (χ1v) is 14.4. The van der Waals surface area contributed by atoms with E-state index in [1.165, 1.54) is 0 Å². The van der Waals surface area contributed by atoms with Gasteiger partial charge in [0.2, 0.25) is 11.8 Å². The number of rotatable bonds is 9. The number of nitrogens with zero attached hydrogens (tertiary/aromatic N) is 1. The number of fused-ring (bicyclic) bond motifs is 2. The molecule has 9 nitrogen and oxygen atoms in total. The lowest BCUT2D eigenvalue weighted by molar-refractivity contribution is -0.152. The van der Waals surface area contributed by atoms with Gasteiger partial charge < -0.3 is 24.4 Å². The highest BCUT2D eigenvalue weighted by Crippen LogP contribution is 2.48. The van der Waals surface area contributed by atoms with E-state index in [1.807, 2.05) is 0 Å². The monoisotopic (exact) mass is 534 g/mol. The maximum Gasteiger partial charge on any atom is 0.332 e. The third kappa shape index (κ3) is 7.80. The Balaban J connectivity index is 1.79. The van der Waals surface area contributed by atoms with E-state index >= 15 is 0 Å². The fourth-order valence-electron chi connectivity index (χ4n) is 5.87. The van der Waals surface area contributed by atoms with Gasteiger partial charge in [-0.25, -0.2) is 4.79 Å². The van der Waals surface area contributed by atoms with Crippen LogP contribution in [0.5, 0.6) is 0 Å². The zero-order chi connectivity index (χ0) is 27.5. The number of unbranched alkanes of at least 4 members (excludes halogenated alkanes) is 1. The van der Waals surface area contributed by atoms with E-state index in [4.69, 9.17) is 14.2 Å². The highest BCUT2D eigenvalue weighted by Gasteiger charge is 2.62. The summed E-state index contributed by atoms with van der Waals surface area (Å²) in [5, 5.41) is 3.00. The molecule has 0 aromatic heterocycles. The molecule has 214 valence electrons. The third-order valence-corrected chi connectivity index (χ3v) is 8.21. The van der Waals surface area contributed by atoms with Crippen molar-refractivity contribution < 1.29 is 33.4 Å². The third-order valence-electron chi connectivity index (χ3n) is 8.21. The second-order valence-corrected chi connectivity index (χ2v) is 10.9. The van der Waals surface area contributed by atoms with Crippen LogP contribution in [0.25, 0.3) is 0 Å². The summed E-state index contributed by atoms with van der Waals surface area (Å²) in [6.45, 7) is 6.25. The standard InChI is InChI=1S/C29H46N2O7/c1-4-6-13-16-38-25(32)17-21-14-11-9-7-8-10-12-15-22-19-29(22,28(35)37-5-2)30-26(33)24-18-23(36-3)20-31(24)27(21)34/h4,21-24H,1,5-20H2,2-3H3,(H,30,33)/t21-,22+,23-,24+,29-/m1/s1. The zero-order valence-electron chi connectivity index (χ0n) is 23.2. The summed E-state index contributed by atoms with van der Waals surface area (Å²) in [6.07, 6.45) is 11.3. The lowest BCUT2D eigenvalue weighted by Crippen LogP contribution is -2.54. The molecule has 1 saturated carbocycles. The molecule has 3 aliphatic rings.